The van der Waals surface area contributed by atoms with Gasteiger partial charge >= 0.3 is 0 Å². The average Bonchev–Trinajstić information content (AvgIpc) is 2.61. The highest BCUT2D eigenvalue weighted by atomic mass is 16.3. The van der Waals surface area contributed by atoms with Crippen molar-refractivity contribution in [2.75, 3.05) is 39.3 Å². The van der Waals surface area contributed by atoms with Gasteiger partial charge in [0.15, 0.2) is 0 Å². The summed E-state index contributed by atoms with van der Waals surface area (Å²) < 4.78 is 0. The molecule has 1 aliphatic heterocycles. The van der Waals surface area contributed by atoms with Gasteiger partial charge in [0, 0.05) is 31.9 Å². The molecule has 0 radical (unpaired) electrons. The zero-order valence-electron chi connectivity index (χ0n) is 11.6. The van der Waals surface area contributed by atoms with Crippen molar-refractivity contribution < 1.29 is 9.90 Å². The molecule has 1 aromatic rings. The van der Waals surface area contributed by atoms with E-state index in [0.29, 0.717) is 18.7 Å². The van der Waals surface area contributed by atoms with Crippen LogP contribution in [0.1, 0.15) is 28.2 Å². The number of rotatable bonds is 3. The van der Waals surface area contributed by atoms with Crippen molar-refractivity contribution in [1.29, 1.82) is 0 Å². The van der Waals surface area contributed by atoms with Crippen LogP contribution in [0, 0.1) is 13.8 Å². The fourth-order valence-corrected chi connectivity index (χ4v) is 2.56. The highest BCUT2D eigenvalue weighted by molar-refractivity contribution is 5.96. The lowest BCUT2D eigenvalue weighted by atomic mass is 10.1. The van der Waals surface area contributed by atoms with Crippen LogP contribution in [0.2, 0.25) is 0 Å². The molecular formula is C13H22N4O2. The lowest BCUT2D eigenvalue weighted by Gasteiger charge is -2.21. The predicted octanol–water partition coefficient (Wildman–Crippen LogP) is 0.167. The van der Waals surface area contributed by atoms with Gasteiger partial charge in [0.05, 0.1) is 17.9 Å². The van der Waals surface area contributed by atoms with E-state index in [1.165, 1.54) is 0 Å². The molecule has 0 unspecified atom stereocenters. The summed E-state index contributed by atoms with van der Waals surface area (Å²) in [5.74, 6) is 0.0644. The van der Waals surface area contributed by atoms with E-state index in [9.17, 15) is 4.79 Å². The summed E-state index contributed by atoms with van der Waals surface area (Å²) >= 11 is 0. The van der Waals surface area contributed by atoms with E-state index in [1.807, 2.05) is 18.7 Å². The minimum Gasteiger partial charge on any atom is -0.395 e. The van der Waals surface area contributed by atoms with Gasteiger partial charge in [-0.15, -0.1) is 0 Å². The van der Waals surface area contributed by atoms with Crippen LogP contribution >= 0.6 is 0 Å². The van der Waals surface area contributed by atoms with Gasteiger partial charge in [-0.3, -0.25) is 14.8 Å². The van der Waals surface area contributed by atoms with Crippen LogP contribution < -0.4 is 0 Å². The van der Waals surface area contributed by atoms with E-state index in [0.717, 1.165) is 37.4 Å². The van der Waals surface area contributed by atoms with Gasteiger partial charge in [-0.25, -0.2) is 0 Å². The number of nitrogens with zero attached hydrogens (tertiary/aromatic N) is 3. The maximum atomic E-state index is 12.5. The second-order valence-corrected chi connectivity index (χ2v) is 5.02. The Bertz CT molecular complexity index is 424. The smallest absolute Gasteiger partial charge is 0.257 e. The van der Waals surface area contributed by atoms with Crippen LogP contribution in [0.15, 0.2) is 0 Å². The summed E-state index contributed by atoms with van der Waals surface area (Å²) in [6, 6.07) is 0. The number of aliphatic hydroxyl groups is 1. The van der Waals surface area contributed by atoms with E-state index >= 15 is 0 Å². The zero-order chi connectivity index (χ0) is 13.8. The van der Waals surface area contributed by atoms with Gasteiger partial charge in [-0.2, -0.15) is 5.10 Å². The fraction of sp³-hybridized carbons (Fsp3) is 0.692. The molecule has 106 valence electrons. The lowest BCUT2D eigenvalue weighted by molar-refractivity contribution is 0.0759. The quantitative estimate of drug-likeness (QED) is 0.818. The maximum absolute atomic E-state index is 12.5. The van der Waals surface area contributed by atoms with Gasteiger partial charge in [0.1, 0.15) is 0 Å². The van der Waals surface area contributed by atoms with Crippen molar-refractivity contribution in [3.8, 4) is 0 Å². The SMILES string of the molecule is Cc1n[nH]c(C)c1C(=O)N1CCCN(CCO)CC1. The van der Waals surface area contributed by atoms with Gasteiger partial charge in [-0.05, 0) is 26.8 Å². The molecule has 2 heterocycles. The Balaban J connectivity index is 2.04. The number of aliphatic hydroxyl groups excluding tert-OH is 1. The van der Waals surface area contributed by atoms with Crippen LogP contribution in [0.4, 0.5) is 0 Å². The number of aromatic nitrogens is 2. The Morgan fingerprint density at radius 3 is 2.74 bits per heavy atom. The lowest BCUT2D eigenvalue weighted by Crippen LogP contribution is -2.36. The first-order valence-electron chi connectivity index (χ1n) is 6.77. The summed E-state index contributed by atoms with van der Waals surface area (Å²) in [5, 5.41) is 15.9. The summed E-state index contributed by atoms with van der Waals surface area (Å²) in [5.41, 5.74) is 2.30. The first-order chi connectivity index (χ1) is 9.13. The van der Waals surface area contributed by atoms with E-state index < -0.39 is 0 Å². The second-order valence-electron chi connectivity index (χ2n) is 5.02. The molecule has 2 rings (SSSR count). The summed E-state index contributed by atoms with van der Waals surface area (Å²) in [6.07, 6.45) is 0.946. The Morgan fingerprint density at radius 2 is 2.11 bits per heavy atom. The van der Waals surface area contributed by atoms with Crippen molar-refractivity contribution in [2.45, 2.75) is 20.3 Å². The third kappa shape index (κ3) is 3.13. The molecule has 0 atom stereocenters. The first-order valence-corrected chi connectivity index (χ1v) is 6.77. The number of hydrogen-bond donors (Lipinski definition) is 2. The van der Waals surface area contributed by atoms with E-state index in [-0.39, 0.29) is 12.5 Å². The topological polar surface area (TPSA) is 72.5 Å². The molecule has 1 aromatic heterocycles. The molecule has 0 aromatic carbocycles. The number of carbonyl (C=O) groups is 1. The highest BCUT2D eigenvalue weighted by Gasteiger charge is 2.23. The molecule has 19 heavy (non-hydrogen) atoms. The predicted molar refractivity (Wildman–Crippen MR) is 72.1 cm³/mol. The average molecular weight is 266 g/mol. The number of aromatic amines is 1. The van der Waals surface area contributed by atoms with Gasteiger partial charge in [-0.1, -0.05) is 0 Å². The van der Waals surface area contributed by atoms with Crippen molar-refractivity contribution in [3.63, 3.8) is 0 Å². The molecule has 0 aliphatic carbocycles. The second kappa shape index (κ2) is 6.16. The van der Waals surface area contributed by atoms with Gasteiger partial charge in [0.25, 0.3) is 5.91 Å². The van der Waals surface area contributed by atoms with Crippen LogP contribution in [-0.4, -0.2) is 70.3 Å². The molecule has 1 saturated heterocycles. The maximum Gasteiger partial charge on any atom is 0.257 e. The molecule has 6 nitrogen and oxygen atoms in total. The third-order valence-electron chi connectivity index (χ3n) is 3.63. The number of amides is 1. The summed E-state index contributed by atoms with van der Waals surface area (Å²) in [4.78, 5) is 16.6. The molecule has 2 N–H and O–H groups in total. The Kier molecular flexibility index (Phi) is 4.55. The van der Waals surface area contributed by atoms with Crippen LogP contribution in [0.25, 0.3) is 0 Å². The third-order valence-corrected chi connectivity index (χ3v) is 3.63. The number of carbonyl (C=O) groups excluding carboxylic acids is 1. The van der Waals surface area contributed by atoms with Crippen LogP contribution in [0.5, 0.6) is 0 Å². The Morgan fingerprint density at radius 1 is 1.32 bits per heavy atom. The van der Waals surface area contributed by atoms with E-state index in [4.69, 9.17) is 5.11 Å². The number of β-amino-alcohol motifs (C(OH)–C–C–N with tert-alkyl or cyclic N) is 1. The summed E-state index contributed by atoms with van der Waals surface area (Å²) in [6.45, 7) is 7.83. The number of H-pyrrole nitrogens is 1. The number of hydrogen-bond acceptors (Lipinski definition) is 4. The number of aryl methyl sites for hydroxylation is 2. The van der Waals surface area contributed by atoms with E-state index in [1.54, 1.807) is 0 Å². The highest BCUT2D eigenvalue weighted by Crippen LogP contribution is 2.14. The van der Waals surface area contributed by atoms with Crippen molar-refractivity contribution >= 4 is 5.91 Å². The molecular weight excluding hydrogens is 244 g/mol. The van der Waals surface area contributed by atoms with Crippen LogP contribution in [0.3, 0.4) is 0 Å². The Labute approximate surface area is 113 Å². The van der Waals surface area contributed by atoms with Crippen molar-refractivity contribution in [3.05, 3.63) is 17.0 Å². The normalized spacial score (nSPS) is 17.5. The van der Waals surface area contributed by atoms with Crippen molar-refractivity contribution in [2.24, 2.45) is 0 Å². The summed E-state index contributed by atoms with van der Waals surface area (Å²) in [7, 11) is 0. The molecule has 1 amide bonds. The van der Waals surface area contributed by atoms with Crippen LogP contribution in [-0.2, 0) is 0 Å². The molecule has 0 spiro atoms. The van der Waals surface area contributed by atoms with E-state index in [2.05, 4.69) is 15.1 Å². The first kappa shape index (κ1) is 14.0. The Hall–Kier alpha value is -1.40. The molecule has 0 saturated carbocycles. The van der Waals surface area contributed by atoms with Crippen molar-refractivity contribution in [1.82, 2.24) is 20.0 Å². The van der Waals surface area contributed by atoms with Gasteiger partial charge < -0.3 is 10.0 Å². The standard InChI is InChI=1S/C13H22N4O2/c1-10-12(11(2)15-14-10)13(19)17-5-3-4-16(6-7-17)8-9-18/h18H,3-9H2,1-2H3,(H,14,15). The number of nitrogens with one attached hydrogen (secondary N) is 1. The minimum atomic E-state index is 0.0644. The molecule has 6 heteroatoms. The minimum absolute atomic E-state index is 0.0644. The molecule has 0 bridgehead atoms. The zero-order valence-corrected chi connectivity index (χ0v) is 11.6. The molecule has 1 fully saturated rings. The molecule has 1 aliphatic rings. The largest absolute Gasteiger partial charge is 0.395 e. The monoisotopic (exact) mass is 266 g/mol. The van der Waals surface area contributed by atoms with Gasteiger partial charge in [0.2, 0.25) is 0 Å². The fourth-order valence-electron chi connectivity index (χ4n) is 2.56.